The topological polar surface area (TPSA) is 57.3 Å². The number of carbonyl (C=O) groups excluding carboxylic acids is 1. The van der Waals surface area contributed by atoms with Crippen molar-refractivity contribution in [1.82, 2.24) is 15.2 Å². The first-order valence-electron chi connectivity index (χ1n) is 8.60. The van der Waals surface area contributed by atoms with Gasteiger partial charge in [0.15, 0.2) is 0 Å². The SMILES string of the molecule is Cc1cc(C)c(Nc2ccnc(C(=O)NCCCN(C)C)c2)c(C)c1. The van der Waals surface area contributed by atoms with E-state index in [1.54, 1.807) is 12.3 Å². The molecule has 0 radical (unpaired) electrons. The van der Waals surface area contributed by atoms with Crippen LogP contribution in [0.4, 0.5) is 11.4 Å². The van der Waals surface area contributed by atoms with Crippen LogP contribution in [0.5, 0.6) is 0 Å². The second-order valence-corrected chi connectivity index (χ2v) is 6.74. The number of hydrogen-bond acceptors (Lipinski definition) is 4. The van der Waals surface area contributed by atoms with Gasteiger partial charge >= 0.3 is 0 Å². The summed E-state index contributed by atoms with van der Waals surface area (Å²) in [5.74, 6) is -0.139. The fourth-order valence-corrected chi connectivity index (χ4v) is 2.84. The molecule has 0 aliphatic heterocycles. The largest absolute Gasteiger partial charge is 0.355 e. The Morgan fingerprint density at radius 3 is 2.44 bits per heavy atom. The highest BCUT2D eigenvalue weighted by Crippen LogP contribution is 2.25. The third-order valence-corrected chi connectivity index (χ3v) is 4.01. The highest BCUT2D eigenvalue weighted by atomic mass is 16.1. The molecule has 2 rings (SSSR count). The van der Waals surface area contributed by atoms with Crippen LogP contribution in [0.15, 0.2) is 30.5 Å². The summed E-state index contributed by atoms with van der Waals surface area (Å²) < 4.78 is 0. The van der Waals surface area contributed by atoms with Gasteiger partial charge in [0.05, 0.1) is 0 Å². The van der Waals surface area contributed by atoms with Crippen molar-refractivity contribution >= 4 is 17.3 Å². The molecule has 5 heteroatoms. The van der Waals surface area contributed by atoms with Gasteiger partial charge in [-0.1, -0.05) is 17.7 Å². The van der Waals surface area contributed by atoms with E-state index in [1.165, 1.54) is 16.7 Å². The van der Waals surface area contributed by atoms with Crippen LogP contribution in [0.1, 0.15) is 33.6 Å². The summed E-state index contributed by atoms with van der Waals surface area (Å²) >= 11 is 0. The Hall–Kier alpha value is -2.40. The number of amides is 1. The van der Waals surface area contributed by atoms with Crippen LogP contribution in [0, 0.1) is 20.8 Å². The van der Waals surface area contributed by atoms with E-state index >= 15 is 0 Å². The number of nitrogens with zero attached hydrogens (tertiary/aromatic N) is 2. The van der Waals surface area contributed by atoms with Crippen LogP contribution in [0.25, 0.3) is 0 Å². The molecular weight excluding hydrogens is 312 g/mol. The van der Waals surface area contributed by atoms with Crippen molar-refractivity contribution in [3.8, 4) is 0 Å². The molecule has 5 nitrogen and oxygen atoms in total. The Morgan fingerprint density at radius 1 is 1.12 bits per heavy atom. The first kappa shape index (κ1) is 18.9. The maximum absolute atomic E-state index is 12.3. The predicted molar refractivity (Wildman–Crippen MR) is 104 cm³/mol. The van der Waals surface area contributed by atoms with E-state index in [2.05, 4.69) is 53.4 Å². The summed E-state index contributed by atoms with van der Waals surface area (Å²) in [6.07, 6.45) is 2.58. The zero-order chi connectivity index (χ0) is 18.4. The van der Waals surface area contributed by atoms with Crippen LogP contribution in [-0.4, -0.2) is 43.0 Å². The molecule has 0 unspecified atom stereocenters. The van der Waals surface area contributed by atoms with Crippen molar-refractivity contribution in [2.75, 3.05) is 32.5 Å². The number of carbonyl (C=O) groups is 1. The Morgan fingerprint density at radius 2 is 1.80 bits per heavy atom. The van der Waals surface area contributed by atoms with Gasteiger partial charge in [-0.3, -0.25) is 9.78 Å². The molecule has 1 amide bonds. The molecule has 0 saturated heterocycles. The Balaban J connectivity index is 2.05. The van der Waals surface area contributed by atoms with Crippen molar-refractivity contribution in [2.24, 2.45) is 0 Å². The normalized spacial score (nSPS) is 10.8. The Kier molecular flexibility index (Phi) is 6.53. The summed E-state index contributed by atoms with van der Waals surface area (Å²) in [5.41, 5.74) is 5.98. The van der Waals surface area contributed by atoms with Gasteiger partial charge in [0.1, 0.15) is 5.69 Å². The van der Waals surface area contributed by atoms with Gasteiger partial charge in [-0.05, 0) is 71.1 Å². The average Bonchev–Trinajstić information content (AvgIpc) is 2.55. The van der Waals surface area contributed by atoms with E-state index in [4.69, 9.17) is 0 Å². The molecule has 134 valence electrons. The zero-order valence-corrected chi connectivity index (χ0v) is 15.8. The van der Waals surface area contributed by atoms with E-state index in [9.17, 15) is 4.79 Å². The molecule has 0 atom stereocenters. The molecule has 1 aromatic heterocycles. The highest BCUT2D eigenvalue weighted by molar-refractivity contribution is 5.93. The number of hydrogen-bond donors (Lipinski definition) is 2. The number of benzene rings is 1. The molecule has 0 aliphatic rings. The van der Waals surface area contributed by atoms with E-state index in [-0.39, 0.29) is 5.91 Å². The van der Waals surface area contributed by atoms with Gasteiger partial charge in [-0.2, -0.15) is 0 Å². The molecule has 0 bridgehead atoms. The molecule has 2 N–H and O–H groups in total. The molecule has 0 spiro atoms. The molecule has 2 aromatic rings. The molecular formula is C20H28N4O. The lowest BCUT2D eigenvalue weighted by Crippen LogP contribution is -2.27. The van der Waals surface area contributed by atoms with E-state index in [0.717, 1.165) is 24.3 Å². The van der Waals surface area contributed by atoms with Crippen molar-refractivity contribution in [1.29, 1.82) is 0 Å². The van der Waals surface area contributed by atoms with Crippen LogP contribution < -0.4 is 10.6 Å². The second-order valence-electron chi connectivity index (χ2n) is 6.74. The molecule has 0 fully saturated rings. The third-order valence-electron chi connectivity index (χ3n) is 4.01. The number of nitrogens with one attached hydrogen (secondary N) is 2. The Labute approximate surface area is 150 Å². The van der Waals surface area contributed by atoms with Gasteiger partial charge < -0.3 is 15.5 Å². The number of rotatable bonds is 7. The van der Waals surface area contributed by atoms with E-state index in [0.29, 0.717) is 12.2 Å². The number of aryl methyl sites for hydroxylation is 3. The summed E-state index contributed by atoms with van der Waals surface area (Å²) in [6.45, 7) is 7.85. The van der Waals surface area contributed by atoms with Crippen molar-refractivity contribution < 1.29 is 4.79 Å². The summed E-state index contributed by atoms with van der Waals surface area (Å²) in [7, 11) is 4.04. The lowest BCUT2D eigenvalue weighted by molar-refractivity contribution is 0.0947. The standard InChI is InChI=1S/C20H28N4O/c1-14-11-15(2)19(16(3)12-14)23-17-7-9-21-18(13-17)20(25)22-8-6-10-24(4)5/h7,9,11-13H,6,8,10H2,1-5H3,(H,21,23)(H,22,25). The van der Waals surface area contributed by atoms with Gasteiger partial charge in [-0.15, -0.1) is 0 Å². The lowest BCUT2D eigenvalue weighted by Gasteiger charge is -2.14. The third kappa shape index (κ3) is 5.57. The molecule has 1 heterocycles. The smallest absolute Gasteiger partial charge is 0.269 e. The van der Waals surface area contributed by atoms with Crippen LogP contribution in [0.2, 0.25) is 0 Å². The van der Waals surface area contributed by atoms with Crippen LogP contribution in [0.3, 0.4) is 0 Å². The van der Waals surface area contributed by atoms with Gasteiger partial charge in [0.2, 0.25) is 0 Å². The van der Waals surface area contributed by atoms with Gasteiger partial charge in [-0.25, -0.2) is 0 Å². The quantitative estimate of drug-likeness (QED) is 0.758. The van der Waals surface area contributed by atoms with E-state index in [1.807, 2.05) is 20.2 Å². The van der Waals surface area contributed by atoms with Crippen molar-refractivity contribution in [2.45, 2.75) is 27.2 Å². The molecule has 25 heavy (non-hydrogen) atoms. The number of pyridine rings is 1. The first-order chi connectivity index (χ1) is 11.9. The molecule has 1 aromatic carbocycles. The van der Waals surface area contributed by atoms with Crippen LogP contribution in [-0.2, 0) is 0 Å². The summed E-state index contributed by atoms with van der Waals surface area (Å²) in [4.78, 5) is 18.5. The minimum absolute atomic E-state index is 0.139. The average molecular weight is 340 g/mol. The Bertz CT molecular complexity index is 717. The lowest BCUT2D eigenvalue weighted by atomic mass is 10.0. The molecule has 0 aliphatic carbocycles. The minimum Gasteiger partial charge on any atom is -0.355 e. The molecule has 0 saturated carbocycles. The second kappa shape index (κ2) is 8.62. The summed E-state index contributed by atoms with van der Waals surface area (Å²) in [5, 5.41) is 6.34. The predicted octanol–water partition coefficient (Wildman–Crippen LogP) is 3.43. The fraction of sp³-hybridized carbons (Fsp3) is 0.400. The number of aromatic nitrogens is 1. The number of anilines is 2. The first-order valence-corrected chi connectivity index (χ1v) is 8.60. The summed E-state index contributed by atoms with van der Waals surface area (Å²) in [6, 6.07) is 7.96. The zero-order valence-electron chi connectivity index (χ0n) is 15.8. The van der Waals surface area contributed by atoms with Gasteiger partial charge in [0, 0.05) is 24.1 Å². The fourth-order valence-electron chi connectivity index (χ4n) is 2.84. The maximum Gasteiger partial charge on any atom is 0.269 e. The van der Waals surface area contributed by atoms with Crippen LogP contribution >= 0.6 is 0 Å². The van der Waals surface area contributed by atoms with Gasteiger partial charge in [0.25, 0.3) is 5.91 Å². The maximum atomic E-state index is 12.3. The highest BCUT2D eigenvalue weighted by Gasteiger charge is 2.09. The van der Waals surface area contributed by atoms with Crippen molar-refractivity contribution in [3.63, 3.8) is 0 Å². The minimum atomic E-state index is -0.139. The monoisotopic (exact) mass is 340 g/mol. The van der Waals surface area contributed by atoms with Crippen molar-refractivity contribution in [3.05, 3.63) is 52.8 Å². The van der Waals surface area contributed by atoms with E-state index < -0.39 is 0 Å².